The van der Waals surface area contributed by atoms with Gasteiger partial charge in [0.25, 0.3) is 5.91 Å². The first-order valence-electron chi connectivity index (χ1n) is 8.12. The van der Waals surface area contributed by atoms with E-state index in [1.807, 2.05) is 65.2 Å². The fraction of sp³-hybridized carbons (Fsp3) is 0.0500. The Morgan fingerprint density at radius 2 is 1.81 bits per heavy atom. The van der Waals surface area contributed by atoms with Crippen LogP contribution in [-0.2, 0) is 6.54 Å². The fourth-order valence-electron chi connectivity index (χ4n) is 2.68. The van der Waals surface area contributed by atoms with Crippen LogP contribution in [0.1, 0.15) is 16.2 Å². The van der Waals surface area contributed by atoms with E-state index in [0.717, 1.165) is 16.8 Å². The average Bonchev–Trinajstić information content (AvgIpc) is 3.11. The molecule has 4 aromatic rings. The average molecular weight is 363 g/mol. The first-order valence-corrected chi connectivity index (χ1v) is 8.50. The molecule has 1 aromatic carbocycles. The molecule has 0 saturated heterocycles. The summed E-state index contributed by atoms with van der Waals surface area (Å²) in [5.41, 5.74) is 3.95. The molecule has 5 nitrogen and oxygen atoms in total. The second kappa shape index (κ2) is 6.98. The molecule has 0 spiro atoms. The van der Waals surface area contributed by atoms with Gasteiger partial charge in [-0.05, 0) is 47.5 Å². The van der Waals surface area contributed by atoms with Gasteiger partial charge in [0.2, 0.25) is 0 Å². The lowest BCUT2D eigenvalue weighted by molar-refractivity contribution is 0.0946. The van der Waals surface area contributed by atoms with Crippen LogP contribution in [0.15, 0.2) is 73.2 Å². The van der Waals surface area contributed by atoms with Gasteiger partial charge in [0.15, 0.2) is 0 Å². The van der Waals surface area contributed by atoms with Gasteiger partial charge in [-0.25, -0.2) is 4.98 Å². The van der Waals surface area contributed by atoms with Crippen LogP contribution in [0, 0.1) is 0 Å². The Hall–Kier alpha value is -3.18. The van der Waals surface area contributed by atoms with Crippen LogP contribution in [0.3, 0.4) is 0 Å². The number of hydrogen-bond donors (Lipinski definition) is 1. The summed E-state index contributed by atoms with van der Waals surface area (Å²) >= 11 is 5.94. The number of nitrogens with one attached hydrogen (secondary N) is 1. The lowest BCUT2D eigenvalue weighted by atomic mass is 10.1. The normalized spacial score (nSPS) is 10.8. The molecular formula is C20H15ClN4O. The van der Waals surface area contributed by atoms with Crippen LogP contribution in [0.5, 0.6) is 0 Å². The lowest BCUT2D eigenvalue weighted by Crippen LogP contribution is -2.23. The highest BCUT2D eigenvalue weighted by Crippen LogP contribution is 2.22. The molecule has 0 bridgehead atoms. The Labute approximate surface area is 155 Å². The third-order valence-corrected chi connectivity index (χ3v) is 4.27. The number of amides is 1. The second-order valence-corrected chi connectivity index (χ2v) is 6.26. The largest absolute Gasteiger partial charge is 0.345 e. The molecule has 0 radical (unpaired) electrons. The van der Waals surface area contributed by atoms with Crippen LogP contribution in [0.25, 0.3) is 16.8 Å². The van der Waals surface area contributed by atoms with Crippen molar-refractivity contribution < 1.29 is 4.79 Å². The minimum Gasteiger partial charge on any atom is -0.345 e. The number of pyridine rings is 2. The van der Waals surface area contributed by atoms with Crippen molar-refractivity contribution in [1.29, 1.82) is 0 Å². The molecule has 26 heavy (non-hydrogen) atoms. The summed E-state index contributed by atoms with van der Waals surface area (Å²) in [6, 6.07) is 17.1. The first-order chi connectivity index (χ1) is 12.7. The number of imidazole rings is 1. The summed E-state index contributed by atoms with van der Waals surface area (Å²) in [7, 11) is 0. The van der Waals surface area contributed by atoms with Gasteiger partial charge in [0.1, 0.15) is 11.3 Å². The molecule has 0 unspecified atom stereocenters. The standard InChI is InChI=1S/C20H15ClN4O/c21-16-7-4-14(5-8-16)15-6-9-19-24-18(13-25(19)12-15)20(26)23-11-17-3-1-2-10-22-17/h1-10,12-13H,11H2,(H,23,26). The molecular weight excluding hydrogens is 348 g/mol. The van der Waals surface area contributed by atoms with E-state index in [-0.39, 0.29) is 5.91 Å². The van der Waals surface area contributed by atoms with Crippen molar-refractivity contribution in [3.63, 3.8) is 0 Å². The summed E-state index contributed by atoms with van der Waals surface area (Å²) in [5.74, 6) is -0.229. The highest BCUT2D eigenvalue weighted by atomic mass is 35.5. The summed E-state index contributed by atoms with van der Waals surface area (Å²) in [6.07, 6.45) is 5.37. The molecule has 3 aromatic heterocycles. The Bertz CT molecular complexity index is 1060. The molecule has 128 valence electrons. The van der Waals surface area contributed by atoms with Gasteiger partial charge in [-0.3, -0.25) is 9.78 Å². The number of carbonyl (C=O) groups is 1. The van der Waals surface area contributed by atoms with Crippen molar-refractivity contribution in [1.82, 2.24) is 19.7 Å². The molecule has 0 atom stereocenters. The number of halogens is 1. The minimum atomic E-state index is -0.229. The molecule has 6 heteroatoms. The van der Waals surface area contributed by atoms with E-state index in [0.29, 0.717) is 22.9 Å². The second-order valence-electron chi connectivity index (χ2n) is 5.82. The van der Waals surface area contributed by atoms with Gasteiger partial charge < -0.3 is 9.72 Å². The maximum atomic E-state index is 12.4. The zero-order valence-corrected chi connectivity index (χ0v) is 14.5. The van der Waals surface area contributed by atoms with Gasteiger partial charge in [-0.1, -0.05) is 29.8 Å². The quantitative estimate of drug-likeness (QED) is 0.597. The SMILES string of the molecule is O=C(NCc1ccccn1)c1cn2cc(-c3ccc(Cl)cc3)ccc2n1. The summed E-state index contributed by atoms with van der Waals surface area (Å²) in [6.45, 7) is 0.365. The molecule has 0 aliphatic carbocycles. The summed E-state index contributed by atoms with van der Waals surface area (Å²) in [4.78, 5) is 20.9. The van der Waals surface area contributed by atoms with Crippen molar-refractivity contribution in [3.8, 4) is 11.1 Å². The van der Waals surface area contributed by atoms with Crippen LogP contribution in [0.4, 0.5) is 0 Å². The highest BCUT2D eigenvalue weighted by Gasteiger charge is 2.11. The Morgan fingerprint density at radius 3 is 2.58 bits per heavy atom. The summed E-state index contributed by atoms with van der Waals surface area (Å²) in [5, 5.41) is 3.54. The maximum Gasteiger partial charge on any atom is 0.271 e. The number of aromatic nitrogens is 3. The third-order valence-electron chi connectivity index (χ3n) is 4.02. The van der Waals surface area contributed by atoms with E-state index in [1.54, 1.807) is 12.4 Å². The predicted molar refractivity (Wildman–Crippen MR) is 101 cm³/mol. The van der Waals surface area contributed by atoms with Gasteiger partial charge >= 0.3 is 0 Å². The third kappa shape index (κ3) is 3.43. The number of carbonyl (C=O) groups excluding carboxylic acids is 1. The molecule has 0 saturated carbocycles. The number of rotatable bonds is 4. The molecule has 4 rings (SSSR count). The smallest absolute Gasteiger partial charge is 0.271 e. The lowest BCUT2D eigenvalue weighted by Gasteiger charge is -2.02. The Kier molecular flexibility index (Phi) is 4.37. The first kappa shape index (κ1) is 16.3. The Balaban J connectivity index is 1.55. The van der Waals surface area contributed by atoms with Crippen LogP contribution in [-0.4, -0.2) is 20.3 Å². The predicted octanol–water partition coefficient (Wildman–Crippen LogP) is 3.98. The van der Waals surface area contributed by atoms with E-state index in [9.17, 15) is 4.79 Å². The van der Waals surface area contributed by atoms with E-state index in [2.05, 4.69) is 15.3 Å². The van der Waals surface area contributed by atoms with Crippen molar-refractivity contribution in [2.75, 3.05) is 0 Å². The molecule has 1 amide bonds. The van der Waals surface area contributed by atoms with E-state index in [1.165, 1.54) is 0 Å². The van der Waals surface area contributed by atoms with Crippen LogP contribution >= 0.6 is 11.6 Å². The number of nitrogens with zero attached hydrogens (tertiary/aromatic N) is 3. The van der Waals surface area contributed by atoms with Crippen LogP contribution in [0.2, 0.25) is 5.02 Å². The highest BCUT2D eigenvalue weighted by molar-refractivity contribution is 6.30. The fourth-order valence-corrected chi connectivity index (χ4v) is 2.80. The molecule has 0 aliphatic heterocycles. The molecule has 0 aliphatic rings. The topological polar surface area (TPSA) is 59.3 Å². The molecule has 3 heterocycles. The van der Waals surface area contributed by atoms with E-state index in [4.69, 9.17) is 11.6 Å². The minimum absolute atomic E-state index is 0.229. The van der Waals surface area contributed by atoms with Gasteiger partial charge in [0.05, 0.1) is 12.2 Å². The maximum absolute atomic E-state index is 12.4. The van der Waals surface area contributed by atoms with Crippen molar-refractivity contribution >= 4 is 23.2 Å². The molecule has 1 N–H and O–H groups in total. The number of fused-ring (bicyclic) bond motifs is 1. The summed E-state index contributed by atoms with van der Waals surface area (Å²) < 4.78 is 1.85. The van der Waals surface area contributed by atoms with E-state index >= 15 is 0 Å². The van der Waals surface area contributed by atoms with Gasteiger partial charge in [-0.15, -0.1) is 0 Å². The van der Waals surface area contributed by atoms with Gasteiger partial charge in [-0.2, -0.15) is 0 Å². The van der Waals surface area contributed by atoms with Gasteiger partial charge in [0, 0.05) is 23.6 Å². The Morgan fingerprint density at radius 1 is 1.00 bits per heavy atom. The van der Waals surface area contributed by atoms with E-state index < -0.39 is 0 Å². The number of benzene rings is 1. The monoisotopic (exact) mass is 362 g/mol. The van der Waals surface area contributed by atoms with Crippen molar-refractivity contribution in [2.45, 2.75) is 6.54 Å². The number of hydrogen-bond acceptors (Lipinski definition) is 3. The zero-order chi connectivity index (χ0) is 17.9. The van der Waals surface area contributed by atoms with Crippen molar-refractivity contribution in [3.05, 3.63) is 89.6 Å². The zero-order valence-electron chi connectivity index (χ0n) is 13.8. The van der Waals surface area contributed by atoms with Crippen LogP contribution < -0.4 is 5.32 Å². The van der Waals surface area contributed by atoms with Crippen molar-refractivity contribution in [2.24, 2.45) is 0 Å². The molecule has 0 fully saturated rings.